The number of aromatic nitrogens is 2. The standard InChI is InChI=1S/C15H16N4/c16-9-11-18(14-6-7-14)12-19-10-8-15(17-19)13-4-2-1-3-5-13/h1-5,8,10,14H,6-7,11-12H2. The van der Waals surface area contributed by atoms with Crippen LogP contribution in [0.15, 0.2) is 42.6 Å². The van der Waals surface area contributed by atoms with Gasteiger partial charge in [-0.2, -0.15) is 10.4 Å². The Balaban J connectivity index is 1.73. The predicted molar refractivity (Wildman–Crippen MR) is 73.0 cm³/mol. The van der Waals surface area contributed by atoms with Gasteiger partial charge in [0.15, 0.2) is 0 Å². The topological polar surface area (TPSA) is 44.9 Å². The third kappa shape index (κ3) is 2.83. The van der Waals surface area contributed by atoms with Crippen molar-refractivity contribution in [3.05, 3.63) is 42.6 Å². The second-order valence-corrected chi connectivity index (χ2v) is 4.88. The van der Waals surface area contributed by atoms with Crippen LogP contribution in [-0.4, -0.2) is 27.3 Å². The van der Waals surface area contributed by atoms with Gasteiger partial charge in [-0.1, -0.05) is 30.3 Å². The minimum Gasteiger partial charge on any atom is -0.268 e. The fourth-order valence-electron chi connectivity index (χ4n) is 2.21. The Morgan fingerprint density at radius 1 is 1.26 bits per heavy atom. The lowest BCUT2D eigenvalue weighted by Gasteiger charge is -2.17. The molecule has 19 heavy (non-hydrogen) atoms. The molecule has 96 valence electrons. The molecule has 1 aliphatic carbocycles. The zero-order chi connectivity index (χ0) is 13.1. The molecule has 0 radical (unpaired) electrons. The number of nitriles is 1. The van der Waals surface area contributed by atoms with E-state index in [0.717, 1.165) is 11.3 Å². The summed E-state index contributed by atoms with van der Waals surface area (Å²) in [5, 5.41) is 13.4. The largest absolute Gasteiger partial charge is 0.268 e. The molecule has 2 aromatic rings. The first-order chi connectivity index (χ1) is 9.36. The number of rotatable bonds is 5. The van der Waals surface area contributed by atoms with E-state index in [1.807, 2.05) is 35.1 Å². The van der Waals surface area contributed by atoms with Crippen LogP contribution in [-0.2, 0) is 6.67 Å². The van der Waals surface area contributed by atoms with Crippen molar-refractivity contribution in [3.8, 4) is 17.3 Å². The minimum absolute atomic E-state index is 0.477. The molecular weight excluding hydrogens is 236 g/mol. The average Bonchev–Trinajstić information content (AvgIpc) is 3.19. The van der Waals surface area contributed by atoms with Gasteiger partial charge in [0.05, 0.1) is 25.0 Å². The molecule has 0 unspecified atom stereocenters. The maximum Gasteiger partial charge on any atom is 0.0939 e. The maximum absolute atomic E-state index is 8.85. The summed E-state index contributed by atoms with van der Waals surface area (Å²) >= 11 is 0. The maximum atomic E-state index is 8.85. The lowest BCUT2D eigenvalue weighted by atomic mass is 10.2. The van der Waals surface area contributed by atoms with E-state index in [1.54, 1.807) is 0 Å². The van der Waals surface area contributed by atoms with Gasteiger partial charge in [0.25, 0.3) is 0 Å². The van der Waals surface area contributed by atoms with Gasteiger partial charge in [0.1, 0.15) is 0 Å². The minimum atomic E-state index is 0.477. The normalized spacial score (nSPS) is 14.5. The molecule has 0 atom stereocenters. The first kappa shape index (κ1) is 11.9. The summed E-state index contributed by atoms with van der Waals surface area (Å²) in [4.78, 5) is 2.18. The molecule has 1 heterocycles. The molecule has 0 bridgehead atoms. The number of hydrogen-bond acceptors (Lipinski definition) is 3. The molecule has 1 aromatic heterocycles. The van der Waals surface area contributed by atoms with Crippen molar-refractivity contribution >= 4 is 0 Å². The van der Waals surface area contributed by atoms with E-state index in [-0.39, 0.29) is 0 Å². The Hall–Kier alpha value is -2.12. The van der Waals surface area contributed by atoms with Crippen LogP contribution in [0.3, 0.4) is 0 Å². The van der Waals surface area contributed by atoms with Crippen molar-refractivity contribution in [2.45, 2.75) is 25.6 Å². The van der Waals surface area contributed by atoms with Gasteiger partial charge >= 0.3 is 0 Å². The summed E-state index contributed by atoms with van der Waals surface area (Å²) in [6, 6.07) is 15.0. The molecule has 0 aliphatic heterocycles. The zero-order valence-electron chi connectivity index (χ0n) is 10.7. The van der Waals surface area contributed by atoms with Crippen LogP contribution in [0.25, 0.3) is 11.3 Å². The molecular formula is C15H16N4. The molecule has 1 fully saturated rings. The Labute approximate surface area is 112 Å². The van der Waals surface area contributed by atoms with Gasteiger partial charge in [0.2, 0.25) is 0 Å². The van der Waals surface area contributed by atoms with E-state index in [4.69, 9.17) is 5.26 Å². The zero-order valence-corrected chi connectivity index (χ0v) is 10.7. The van der Waals surface area contributed by atoms with E-state index >= 15 is 0 Å². The van der Waals surface area contributed by atoms with Crippen molar-refractivity contribution in [3.63, 3.8) is 0 Å². The fraction of sp³-hybridized carbons (Fsp3) is 0.333. The quantitative estimate of drug-likeness (QED) is 0.768. The van der Waals surface area contributed by atoms with Crippen molar-refractivity contribution in [1.82, 2.24) is 14.7 Å². The van der Waals surface area contributed by atoms with Crippen LogP contribution in [0.2, 0.25) is 0 Å². The number of benzene rings is 1. The molecule has 0 N–H and O–H groups in total. The van der Waals surface area contributed by atoms with Gasteiger partial charge in [0, 0.05) is 17.8 Å². The highest BCUT2D eigenvalue weighted by molar-refractivity contribution is 5.57. The lowest BCUT2D eigenvalue weighted by Crippen LogP contribution is -2.29. The highest BCUT2D eigenvalue weighted by Crippen LogP contribution is 2.27. The van der Waals surface area contributed by atoms with Gasteiger partial charge < -0.3 is 0 Å². The lowest BCUT2D eigenvalue weighted by molar-refractivity contribution is 0.222. The molecule has 1 saturated carbocycles. The number of nitrogens with zero attached hydrogens (tertiary/aromatic N) is 4. The molecule has 0 spiro atoms. The van der Waals surface area contributed by atoms with Crippen LogP contribution in [0.1, 0.15) is 12.8 Å². The van der Waals surface area contributed by atoms with E-state index in [2.05, 4.69) is 28.2 Å². The Morgan fingerprint density at radius 2 is 2.05 bits per heavy atom. The third-order valence-corrected chi connectivity index (χ3v) is 3.37. The Kier molecular flexibility index (Phi) is 3.30. The van der Waals surface area contributed by atoms with Crippen LogP contribution in [0.5, 0.6) is 0 Å². The third-order valence-electron chi connectivity index (χ3n) is 3.37. The summed E-state index contributed by atoms with van der Waals surface area (Å²) < 4.78 is 1.91. The molecule has 1 aromatic carbocycles. The molecule has 4 nitrogen and oxygen atoms in total. The van der Waals surface area contributed by atoms with Crippen LogP contribution in [0.4, 0.5) is 0 Å². The van der Waals surface area contributed by atoms with Gasteiger partial charge in [-0.25, -0.2) is 0 Å². The second kappa shape index (κ2) is 5.25. The predicted octanol–water partition coefficient (Wildman–Crippen LogP) is 2.50. The molecule has 4 heteroatoms. The fourth-order valence-corrected chi connectivity index (χ4v) is 2.21. The van der Waals surface area contributed by atoms with Crippen LogP contribution in [0, 0.1) is 11.3 Å². The van der Waals surface area contributed by atoms with Gasteiger partial charge in [-0.3, -0.25) is 9.58 Å². The molecule has 0 saturated heterocycles. The summed E-state index contributed by atoms with van der Waals surface area (Å²) in [6.45, 7) is 1.18. The first-order valence-corrected chi connectivity index (χ1v) is 6.57. The van der Waals surface area contributed by atoms with E-state index < -0.39 is 0 Å². The second-order valence-electron chi connectivity index (χ2n) is 4.88. The highest BCUT2D eigenvalue weighted by atomic mass is 15.4. The summed E-state index contributed by atoms with van der Waals surface area (Å²) in [5.74, 6) is 0. The van der Waals surface area contributed by atoms with Crippen LogP contribution < -0.4 is 0 Å². The van der Waals surface area contributed by atoms with Crippen molar-refractivity contribution in [1.29, 1.82) is 5.26 Å². The Bertz CT molecular complexity index is 578. The average molecular weight is 252 g/mol. The summed E-state index contributed by atoms with van der Waals surface area (Å²) in [5.41, 5.74) is 2.10. The molecule has 0 amide bonds. The van der Waals surface area contributed by atoms with E-state index in [9.17, 15) is 0 Å². The van der Waals surface area contributed by atoms with Crippen molar-refractivity contribution < 1.29 is 0 Å². The number of hydrogen-bond donors (Lipinski definition) is 0. The SMILES string of the molecule is N#CCN(Cn1ccc(-c2ccccc2)n1)C1CC1. The smallest absolute Gasteiger partial charge is 0.0939 e. The first-order valence-electron chi connectivity index (χ1n) is 6.57. The van der Waals surface area contributed by atoms with Crippen molar-refractivity contribution in [2.24, 2.45) is 0 Å². The van der Waals surface area contributed by atoms with Gasteiger partial charge in [-0.15, -0.1) is 0 Å². The highest BCUT2D eigenvalue weighted by Gasteiger charge is 2.28. The van der Waals surface area contributed by atoms with Crippen molar-refractivity contribution in [2.75, 3.05) is 6.54 Å². The summed E-state index contributed by atoms with van der Waals surface area (Å²) in [7, 11) is 0. The van der Waals surface area contributed by atoms with Crippen LogP contribution >= 0.6 is 0 Å². The molecule has 1 aliphatic rings. The van der Waals surface area contributed by atoms with E-state index in [1.165, 1.54) is 12.8 Å². The summed E-state index contributed by atoms with van der Waals surface area (Å²) in [6.07, 6.45) is 4.39. The Morgan fingerprint density at radius 3 is 2.74 bits per heavy atom. The van der Waals surface area contributed by atoms with Gasteiger partial charge in [-0.05, 0) is 18.9 Å². The molecule has 3 rings (SSSR count). The van der Waals surface area contributed by atoms with E-state index in [0.29, 0.717) is 19.3 Å². The monoisotopic (exact) mass is 252 g/mol.